The molecule has 1 aromatic heterocycles. The quantitative estimate of drug-likeness (QED) is 0.168. The highest BCUT2D eigenvalue weighted by Gasteiger charge is 2.20. The van der Waals surface area contributed by atoms with Crippen molar-refractivity contribution < 1.29 is 0 Å². The number of fused-ring (bicyclic) bond motifs is 1. The molecule has 0 unspecified atom stereocenters. The summed E-state index contributed by atoms with van der Waals surface area (Å²) in [5.41, 5.74) is 15.0. The van der Waals surface area contributed by atoms with E-state index in [1.165, 1.54) is 21.9 Å². The van der Waals surface area contributed by atoms with E-state index >= 15 is 0 Å². The van der Waals surface area contributed by atoms with Gasteiger partial charge in [-0.25, -0.2) is 9.97 Å². The van der Waals surface area contributed by atoms with Crippen molar-refractivity contribution in [2.75, 3.05) is 0 Å². The molecule has 0 spiro atoms. The average Bonchev–Trinajstić information content (AvgIpc) is 3.27. The Balaban J connectivity index is 1.12. The Morgan fingerprint density at radius 3 is 0.944 bits per heavy atom. The lowest BCUT2D eigenvalue weighted by atomic mass is 9.91. The number of benzene rings is 8. The SMILES string of the molecule is N#Cc1ccc(-c2ccc(-c3ccc(-c4ccc(-c5nc(-c6ccccc6)c(-c6ccccc6)nc5-c5ccccc5)cc4)c4ccccc34)cc2)cc1. The second kappa shape index (κ2) is 14.3. The number of hydrogen-bond donors (Lipinski definition) is 0. The molecule has 0 aliphatic rings. The van der Waals surface area contributed by atoms with Crippen molar-refractivity contribution in [2.45, 2.75) is 0 Å². The summed E-state index contributed by atoms with van der Waals surface area (Å²) in [6.45, 7) is 0. The second-order valence-corrected chi connectivity index (χ2v) is 13.3. The van der Waals surface area contributed by atoms with Gasteiger partial charge in [-0.2, -0.15) is 5.26 Å². The van der Waals surface area contributed by atoms with Gasteiger partial charge >= 0.3 is 0 Å². The molecule has 0 saturated heterocycles. The first-order valence-corrected chi connectivity index (χ1v) is 18.1. The van der Waals surface area contributed by atoms with E-state index in [2.05, 4.69) is 140 Å². The van der Waals surface area contributed by atoms with E-state index in [0.29, 0.717) is 5.56 Å². The van der Waals surface area contributed by atoms with Gasteiger partial charge in [-0.15, -0.1) is 0 Å². The number of nitrogens with zero attached hydrogens (tertiary/aromatic N) is 3. The molecule has 3 heteroatoms. The maximum absolute atomic E-state index is 9.18. The lowest BCUT2D eigenvalue weighted by molar-refractivity contribution is 1.21. The zero-order valence-electron chi connectivity index (χ0n) is 29.4. The third kappa shape index (κ3) is 6.23. The van der Waals surface area contributed by atoms with Gasteiger partial charge in [0.05, 0.1) is 34.4 Å². The number of nitriles is 1. The van der Waals surface area contributed by atoms with E-state index in [0.717, 1.165) is 67.3 Å². The summed E-state index contributed by atoms with van der Waals surface area (Å²) in [6, 6.07) is 71.4. The highest BCUT2D eigenvalue weighted by Crippen LogP contribution is 2.40. The molecule has 1 heterocycles. The topological polar surface area (TPSA) is 49.6 Å². The van der Waals surface area contributed by atoms with Gasteiger partial charge in [-0.1, -0.05) is 188 Å². The predicted molar refractivity (Wildman–Crippen MR) is 222 cm³/mol. The molecule has 8 aromatic carbocycles. The maximum atomic E-state index is 9.18. The molecule has 54 heavy (non-hydrogen) atoms. The van der Waals surface area contributed by atoms with E-state index in [4.69, 9.17) is 9.97 Å². The zero-order chi connectivity index (χ0) is 36.3. The van der Waals surface area contributed by atoms with Crippen LogP contribution >= 0.6 is 0 Å². The summed E-state index contributed by atoms with van der Waals surface area (Å²) >= 11 is 0. The second-order valence-electron chi connectivity index (χ2n) is 13.3. The molecule has 9 aromatic rings. The molecule has 252 valence electrons. The van der Waals surface area contributed by atoms with Gasteiger partial charge in [0, 0.05) is 22.3 Å². The predicted octanol–water partition coefficient (Wildman–Crippen LogP) is 13.2. The summed E-state index contributed by atoms with van der Waals surface area (Å²) in [6.07, 6.45) is 0. The van der Waals surface area contributed by atoms with E-state index in [1.54, 1.807) is 0 Å². The van der Waals surface area contributed by atoms with Crippen LogP contribution in [0.15, 0.2) is 200 Å². The van der Waals surface area contributed by atoms with Crippen LogP contribution in [0.4, 0.5) is 0 Å². The monoisotopic (exact) mass is 687 g/mol. The summed E-state index contributed by atoms with van der Waals surface area (Å²) in [5.74, 6) is 0. The third-order valence-electron chi connectivity index (χ3n) is 9.97. The fourth-order valence-electron chi connectivity index (χ4n) is 7.22. The van der Waals surface area contributed by atoms with Crippen molar-refractivity contribution in [3.8, 4) is 84.5 Å². The largest absolute Gasteiger partial charge is 0.243 e. The van der Waals surface area contributed by atoms with Crippen molar-refractivity contribution >= 4 is 10.8 Å². The van der Waals surface area contributed by atoms with Gasteiger partial charge in [0.2, 0.25) is 0 Å². The smallest absolute Gasteiger partial charge is 0.0991 e. The minimum absolute atomic E-state index is 0.664. The summed E-state index contributed by atoms with van der Waals surface area (Å²) in [5, 5.41) is 11.6. The van der Waals surface area contributed by atoms with E-state index in [-0.39, 0.29) is 0 Å². The van der Waals surface area contributed by atoms with Gasteiger partial charge in [-0.05, 0) is 56.3 Å². The van der Waals surface area contributed by atoms with E-state index in [9.17, 15) is 5.26 Å². The van der Waals surface area contributed by atoms with Crippen LogP contribution in [-0.4, -0.2) is 9.97 Å². The molecule has 0 aliphatic carbocycles. The molecule has 0 atom stereocenters. The molecule has 3 nitrogen and oxygen atoms in total. The van der Waals surface area contributed by atoms with Crippen LogP contribution in [0.3, 0.4) is 0 Å². The minimum Gasteiger partial charge on any atom is -0.243 e. The Hall–Kier alpha value is -7.41. The van der Waals surface area contributed by atoms with Crippen molar-refractivity contribution in [2.24, 2.45) is 0 Å². The molecular formula is C51H33N3. The molecule has 0 saturated carbocycles. The van der Waals surface area contributed by atoms with Crippen LogP contribution in [0, 0.1) is 11.3 Å². The Bertz CT molecular complexity index is 2770. The average molecular weight is 688 g/mol. The lowest BCUT2D eigenvalue weighted by Gasteiger charge is -2.16. The first-order chi connectivity index (χ1) is 26.7. The molecule has 0 N–H and O–H groups in total. The van der Waals surface area contributed by atoms with Crippen molar-refractivity contribution in [3.63, 3.8) is 0 Å². The molecule has 0 radical (unpaired) electrons. The van der Waals surface area contributed by atoms with Gasteiger partial charge in [0.25, 0.3) is 0 Å². The molecule has 0 aliphatic heterocycles. The van der Waals surface area contributed by atoms with Crippen molar-refractivity contribution in [3.05, 3.63) is 206 Å². The molecule has 0 bridgehead atoms. The molecule has 0 fully saturated rings. The fraction of sp³-hybridized carbons (Fsp3) is 0. The Morgan fingerprint density at radius 2 is 0.574 bits per heavy atom. The van der Waals surface area contributed by atoms with Crippen LogP contribution in [0.5, 0.6) is 0 Å². The lowest BCUT2D eigenvalue weighted by Crippen LogP contribution is -2.00. The van der Waals surface area contributed by atoms with Gasteiger partial charge in [0.15, 0.2) is 0 Å². The first-order valence-electron chi connectivity index (χ1n) is 18.1. The Kier molecular flexibility index (Phi) is 8.61. The summed E-state index contributed by atoms with van der Waals surface area (Å²) in [7, 11) is 0. The first kappa shape index (κ1) is 32.5. The number of hydrogen-bond acceptors (Lipinski definition) is 3. The Morgan fingerprint density at radius 1 is 0.278 bits per heavy atom. The van der Waals surface area contributed by atoms with Gasteiger partial charge in [-0.3, -0.25) is 0 Å². The minimum atomic E-state index is 0.664. The summed E-state index contributed by atoms with van der Waals surface area (Å²) in [4.78, 5) is 10.8. The number of aromatic nitrogens is 2. The van der Waals surface area contributed by atoms with E-state index in [1.807, 2.05) is 66.7 Å². The van der Waals surface area contributed by atoms with Crippen molar-refractivity contribution in [1.82, 2.24) is 9.97 Å². The van der Waals surface area contributed by atoms with Crippen LogP contribution in [-0.2, 0) is 0 Å². The van der Waals surface area contributed by atoms with Crippen LogP contribution < -0.4 is 0 Å². The normalized spacial score (nSPS) is 10.9. The van der Waals surface area contributed by atoms with Gasteiger partial charge in [0.1, 0.15) is 0 Å². The van der Waals surface area contributed by atoms with E-state index < -0.39 is 0 Å². The van der Waals surface area contributed by atoms with Gasteiger partial charge < -0.3 is 0 Å². The van der Waals surface area contributed by atoms with Crippen LogP contribution in [0.1, 0.15) is 5.56 Å². The molecular weight excluding hydrogens is 655 g/mol. The maximum Gasteiger partial charge on any atom is 0.0991 e. The highest BCUT2D eigenvalue weighted by atomic mass is 14.9. The van der Waals surface area contributed by atoms with Crippen LogP contribution in [0.25, 0.3) is 89.2 Å². The molecule has 9 rings (SSSR count). The third-order valence-corrected chi connectivity index (χ3v) is 9.97. The zero-order valence-corrected chi connectivity index (χ0v) is 29.4. The fourth-order valence-corrected chi connectivity index (χ4v) is 7.22. The van der Waals surface area contributed by atoms with Crippen LogP contribution in [0.2, 0.25) is 0 Å². The number of rotatable bonds is 7. The Labute approximate surface area is 315 Å². The standard InChI is InChI=1S/C51H33N3/c52-34-35-20-22-36(23-21-35)37-24-26-38(27-25-37)44-32-33-45(47-19-11-10-18-46(44)47)39-28-30-43(31-29-39)51-50(42-16-8-3-9-17-42)53-48(40-12-4-1-5-13-40)49(54-51)41-14-6-2-7-15-41/h1-33H. The summed E-state index contributed by atoms with van der Waals surface area (Å²) < 4.78 is 0. The molecule has 0 amide bonds. The van der Waals surface area contributed by atoms with Crippen molar-refractivity contribution in [1.29, 1.82) is 5.26 Å². The highest BCUT2D eigenvalue weighted by molar-refractivity contribution is 6.05.